The topological polar surface area (TPSA) is 90.3 Å². The second-order valence-corrected chi connectivity index (χ2v) is 8.63. The molecule has 0 spiro atoms. The minimum atomic E-state index is -0.778. The van der Waals surface area contributed by atoms with Gasteiger partial charge in [-0.3, -0.25) is 14.2 Å². The zero-order valence-corrected chi connectivity index (χ0v) is 18.7. The van der Waals surface area contributed by atoms with E-state index in [-0.39, 0.29) is 17.6 Å². The van der Waals surface area contributed by atoms with Gasteiger partial charge in [-0.25, -0.2) is 9.78 Å². The summed E-state index contributed by atoms with van der Waals surface area (Å²) < 4.78 is 6.55. The van der Waals surface area contributed by atoms with Crippen LogP contribution in [0, 0.1) is 20.8 Å². The number of benzene rings is 1. The average molecular weight is 428 g/mol. The molecule has 0 saturated heterocycles. The first-order valence-electron chi connectivity index (χ1n) is 9.69. The SMILES string of the molecule is Cc1ccc(C)c(NC(=O)C(C)n2cnc3sc(C(=O)OC(C)C)c(C)c3c2=O)c1. The molecule has 7 nitrogen and oxygen atoms in total. The largest absolute Gasteiger partial charge is 0.459 e. The van der Waals surface area contributed by atoms with Gasteiger partial charge in [0.05, 0.1) is 17.8 Å². The molecule has 1 atom stereocenters. The lowest BCUT2D eigenvalue weighted by atomic mass is 10.1. The number of hydrogen-bond donors (Lipinski definition) is 1. The van der Waals surface area contributed by atoms with Crippen molar-refractivity contribution < 1.29 is 14.3 Å². The Balaban J connectivity index is 1.96. The van der Waals surface area contributed by atoms with Crippen LogP contribution < -0.4 is 10.9 Å². The van der Waals surface area contributed by atoms with Crippen LogP contribution in [0.25, 0.3) is 10.2 Å². The lowest BCUT2D eigenvalue weighted by molar-refractivity contribution is -0.118. The van der Waals surface area contributed by atoms with Crippen LogP contribution in [0.2, 0.25) is 0 Å². The van der Waals surface area contributed by atoms with Crippen LogP contribution in [0.4, 0.5) is 5.69 Å². The second-order valence-electron chi connectivity index (χ2n) is 7.63. The van der Waals surface area contributed by atoms with Gasteiger partial charge in [0, 0.05) is 5.69 Å². The third kappa shape index (κ3) is 4.14. The number of thiophene rings is 1. The highest BCUT2D eigenvalue weighted by molar-refractivity contribution is 7.20. The predicted molar refractivity (Wildman–Crippen MR) is 118 cm³/mol. The van der Waals surface area contributed by atoms with Gasteiger partial charge in [-0.05, 0) is 64.3 Å². The molecule has 1 amide bonds. The first-order chi connectivity index (χ1) is 14.1. The number of nitrogens with zero attached hydrogens (tertiary/aromatic N) is 2. The van der Waals surface area contributed by atoms with Crippen molar-refractivity contribution in [1.82, 2.24) is 9.55 Å². The van der Waals surface area contributed by atoms with Crippen molar-refractivity contribution >= 4 is 39.1 Å². The summed E-state index contributed by atoms with van der Waals surface area (Å²) in [6.07, 6.45) is 1.09. The molecule has 0 aliphatic heterocycles. The van der Waals surface area contributed by atoms with Gasteiger partial charge in [0.1, 0.15) is 15.7 Å². The van der Waals surface area contributed by atoms with E-state index in [0.717, 1.165) is 22.5 Å². The van der Waals surface area contributed by atoms with E-state index < -0.39 is 12.0 Å². The van der Waals surface area contributed by atoms with Crippen LogP contribution in [0.5, 0.6) is 0 Å². The first-order valence-corrected chi connectivity index (χ1v) is 10.5. The Hall–Kier alpha value is -3.00. The highest BCUT2D eigenvalue weighted by Gasteiger charge is 2.24. The Labute approximate surface area is 178 Å². The molecule has 8 heteroatoms. The Morgan fingerprint density at radius 3 is 2.53 bits per heavy atom. The number of hydrogen-bond acceptors (Lipinski definition) is 6. The number of rotatable bonds is 5. The highest BCUT2D eigenvalue weighted by atomic mass is 32.1. The van der Waals surface area contributed by atoms with Crippen molar-refractivity contribution in [3.05, 3.63) is 56.4 Å². The number of ether oxygens (including phenoxy) is 1. The zero-order valence-electron chi connectivity index (χ0n) is 17.9. The van der Waals surface area contributed by atoms with Gasteiger partial charge in [-0.1, -0.05) is 12.1 Å². The maximum atomic E-state index is 13.1. The molecule has 0 aliphatic carbocycles. The molecule has 158 valence electrons. The maximum Gasteiger partial charge on any atom is 0.348 e. The van der Waals surface area contributed by atoms with Crippen molar-refractivity contribution in [3.63, 3.8) is 0 Å². The summed E-state index contributed by atoms with van der Waals surface area (Å²) in [7, 11) is 0. The minimum absolute atomic E-state index is 0.263. The number of aryl methyl sites for hydroxylation is 3. The van der Waals surface area contributed by atoms with Crippen LogP contribution in [0.15, 0.2) is 29.3 Å². The number of anilines is 1. The van der Waals surface area contributed by atoms with Gasteiger partial charge in [0.2, 0.25) is 5.91 Å². The molecule has 1 unspecified atom stereocenters. The summed E-state index contributed by atoms with van der Waals surface area (Å²) in [6, 6.07) is 5.01. The van der Waals surface area contributed by atoms with Crippen LogP contribution in [-0.2, 0) is 9.53 Å². The summed E-state index contributed by atoms with van der Waals surface area (Å²) in [5, 5.41) is 3.22. The van der Waals surface area contributed by atoms with Gasteiger partial charge in [0.25, 0.3) is 5.56 Å². The number of aromatic nitrogens is 2. The molecule has 0 aliphatic rings. The molecule has 0 bridgehead atoms. The lowest BCUT2D eigenvalue weighted by Gasteiger charge is -2.16. The molecule has 2 heterocycles. The van der Waals surface area contributed by atoms with E-state index >= 15 is 0 Å². The standard InChI is InChI=1S/C22H25N3O4S/c1-11(2)29-22(28)18-14(5)17-20(30-18)23-10-25(21(17)27)15(6)19(26)24-16-9-12(3)7-8-13(16)4/h7-11,15H,1-6H3,(H,24,26). The Bertz CT molecular complexity index is 1190. The van der Waals surface area contributed by atoms with Crippen LogP contribution in [0.3, 0.4) is 0 Å². The third-order valence-corrected chi connectivity index (χ3v) is 6.03. The zero-order chi connectivity index (χ0) is 22.2. The molecular formula is C22H25N3O4S. The first kappa shape index (κ1) is 21.7. The highest BCUT2D eigenvalue weighted by Crippen LogP contribution is 2.28. The molecule has 0 saturated carbocycles. The molecule has 2 aromatic heterocycles. The number of amides is 1. The molecule has 1 aromatic carbocycles. The fourth-order valence-electron chi connectivity index (χ4n) is 3.11. The summed E-state index contributed by atoms with van der Waals surface area (Å²) >= 11 is 1.12. The number of carbonyl (C=O) groups excluding carboxylic acids is 2. The van der Waals surface area contributed by atoms with E-state index in [1.807, 2.05) is 32.0 Å². The summed E-state index contributed by atoms with van der Waals surface area (Å²) in [6.45, 7) is 10.7. The van der Waals surface area contributed by atoms with Crippen LogP contribution >= 0.6 is 11.3 Å². The Morgan fingerprint density at radius 1 is 1.17 bits per heavy atom. The Morgan fingerprint density at radius 2 is 1.87 bits per heavy atom. The van der Waals surface area contributed by atoms with Crippen molar-refractivity contribution in [2.24, 2.45) is 0 Å². The van der Waals surface area contributed by atoms with Crippen molar-refractivity contribution in [2.75, 3.05) is 5.32 Å². The number of carbonyl (C=O) groups is 2. The lowest BCUT2D eigenvalue weighted by Crippen LogP contribution is -2.32. The molecule has 0 fully saturated rings. The van der Waals surface area contributed by atoms with Crippen molar-refractivity contribution in [2.45, 2.75) is 53.7 Å². The smallest absolute Gasteiger partial charge is 0.348 e. The van der Waals surface area contributed by atoms with E-state index in [1.165, 1.54) is 10.9 Å². The number of esters is 1. The molecule has 3 rings (SSSR count). The van der Waals surface area contributed by atoms with E-state index in [2.05, 4.69) is 10.3 Å². The number of nitrogens with one attached hydrogen (secondary N) is 1. The van der Waals surface area contributed by atoms with E-state index in [0.29, 0.717) is 26.3 Å². The summed E-state index contributed by atoms with van der Waals surface area (Å²) in [5.74, 6) is -0.795. The van der Waals surface area contributed by atoms with Gasteiger partial charge >= 0.3 is 5.97 Å². The fourth-order valence-corrected chi connectivity index (χ4v) is 4.13. The quantitative estimate of drug-likeness (QED) is 0.618. The maximum absolute atomic E-state index is 13.1. The molecule has 1 N–H and O–H groups in total. The van der Waals surface area contributed by atoms with Crippen molar-refractivity contribution in [1.29, 1.82) is 0 Å². The Kier molecular flexibility index (Phi) is 6.07. The van der Waals surface area contributed by atoms with Gasteiger partial charge < -0.3 is 10.1 Å². The van der Waals surface area contributed by atoms with Crippen molar-refractivity contribution in [3.8, 4) is 0 Å². The van der Waals surface area contributed by atoms with E-state index in [9.17, 15) is 14.4 Å². The van der Waals surface area contributed by atoms with Crippen LogP contribution in [0.1, 0.15) is 53.2 Å². The fraction of sp³-hybridized carbons (Fsp3) is 0.364. The summed E-state index contributed by atoms with van der Waals surface area (Å²) in [4.78, 5) is 43.4. The number of fused-ring (bicyclic) bond motifs is 1. The molecule has 3 aromatic rings. The minimum Gasteiger partial charge on any atom is -0.459 e. The molecular weight excluding hydrogens is 402 g/mol. The summed E-state index contributed by atoms with van der Waals surface area (Å²) in [5.41, 5.74) is 2.83. The monoisotopic (exact) mass is 427 g/mol. The average Bonchev–Trinajstić information content (AvgIpc) is 3.01. The van der Waals surface area contributed by atoms with Gasteiger partial charge in [-0.15, -0.1) is 11.3 Å². The second kappa shape index (κ2) is 8.39. The third-order valence-electron chi connectivity index (χ3n) is 4.85. The predicted octanol–water partition coefficient (Wildman–Crippen LogP) is 4.15. The molecule has 30 heavy (non-hydrogen) atoms. The van der Waals surface area contributed by atoms with E-state index in [1.54, 1.807) is 27.7 Å². The van der Waals surface area contributed by atoms with Gasteiger partial charge in [0.15, 0.2) is 0 Å². The molecule has 0 radical (unpaired) electrons. The van der Waals surface area contributed by atoms with Crippen LogP contribution in [-0.4, -0.2) is 27.5 Å². The van der Waals surface area contributed by atoms with Gasteiger partial charge in [-0.2, -0.15) is 0 Å². The van der Waals surface area contributed by atoms with E-state index in [4.69, 9.17) is 4.74 Å². The normalized spacial score (nSPS) is 12.2.